The van der Waals surface area contributed by atoms with E-state index < -0.39 is 0 Å². The van der Waals surface area contributed by atoms with Crippen LogP contribution >= 0.6 is 0 Å². The van der Waals surface area contributed by atoms with Crippen LogP contribution in [0.15, 0.2) is 12.5 Å². The van der Waals surface area contributed by atoms with E-state index in [-0.39, 0.29) is 0 Å². The van der Waals surface area contributed by atoms with Crippen molar-refractivity contribution in [1.82, 2.24) is 19.8 Å². The van der Waals surface area contributed by atoms with Gasteiger partial charge >= 0.3 is 0 Å². The van der Waals surface area contributed by atoms with Gasteiger partial charge in [0.1, 0.15) is 0 Å². The molecule has 0 amide bonds. The van der Waals surface area contributed by atoms with E-state index >= 15 is 0 Å². The molecule has 1 aromatic heterocycles. The average Bonchev–Trinajstić information content (AvgIpc) is 3.15. The molecule has 18 heavy (non-hydrogen) atoms. The van der Waals surface area contributed by atoms with Gasteiger partial charge < -0.3 is 14.6 Å². The molecule has 1 atom stereocenters. The van der Waals surface area contributed by atoms with E-state index in [0.29, 0.717) is 6.10 Å². The Balaban J connectivity index is 1.41. The van der Waals surface area contributed by atoms with Crippen molar-refractivity contribution in [2.24, 2.45) is 7.05 Å². The Hall–Kier alpha value is -0.910. The molecule has 0 bridgehead atoms. The van der Waals surface area contributed by atoms with Crippen molar-refractivity contribution in [2.75, 3.05) is 26.2 Å². The van der Waals surface area contributed by atoms with Crippen molar-refractivity contribution in [2.45, 2.75) is 31.5 Å². The summed E-state index contributed by atoms with van der Waals surface area (Å²) in [6.45, 7) is 4.87. The van der Waals surface area contributed by atoms with E-state index in [1.807, 2.05) is 24.1 Å². The maximum absolute atomic E-state index is 5.81. The predicted octanol–water partition coefficient (Wildman–Crippen LogP) is 0.373. The molecule has 2 fully saturated rings. The van der Waals surface area contributed by atoms with Crippen LogP contribution in [0.1, 0.15) is 18.5 Å². The quantitative estimate of drug-likeness (QED) is 0.820. The van der Waals surface area contributed by atoms with Gasteiger partial charge in [-0.05, 0) is 12.8 Å². The second kappa shape index (κ2) is 5.38. The van der Waals surface area contributed by atoms with Gasteiger partial charge in [0.15, 0.2) is 0 Å². The molecule has 5 heteroatoms. The highest BCUT2D eigenvalue weighted by molar-refractivity contribution is 4.97. The summed E-state index contributed by atoms with van der Waals surface area (Å²) in [7, 11) is 2.02. The largest absolute Gasteiger partial charge is 0.374 e. The van der Waals surface area contributed by atoms with Gasteiger partial charge in [0.2, 0.25) is 0 Å². The van der Waals surface area contributed by atoms with Crippen LogP contribution in [-0.4, -0.2) is 52.8 Å². The molecule has 1 aliphatic carbocycles. The number of aryl methyl sites for hydroxylation is 1. The molecule has 100 valence electrons. The Kier molecular flexibility index (Phi) is 3.63. The van der Waals surface area contributed by atoms with Gasteiger partial charge in [0, 0.05) is 45.5 Å². The van der Waals surface area contributed by atoms with Gasteiger partial charge in [-0.2, -0.15) is 0 Å². The molecule has 1 saturated heterocycles. The van der Waals surface area contributed by atoms with Crippen LogP contribution in [0.2, 0.25) is 0 Å². The van der Waals surface area contributed by atoms with Crippen LogP contribution in [0.25, 0.3) is 0 Å². The zero-order valence-corrected chi connectivity index (χ0v) is 11.0. The summed E-state index contributed by atoms with van der Waals surface area (Å²) in [5, 5.41) is 3.47. The number of hydrogen-bond acceptors (Lipinski definition) is 4. The lowest BCUT2D eigenvalue weighted by Gasteiger charge is -2.33. The lowest BCUT2D eigenvalue weighted by atomic mass is 10.2. The first-order valence-corrected chi connectivity index (χ1v) is 6.84. The van der Waals surface area contributed by atoms with Crippen LogP contribution in [0.5, 0.6) is 0 Å². The first-order valence-electron chi connectivity index (χ1n) is 6.84. The number of rotatable bonds is 5. The fourth-order valence-corrected chi connectivity index (χ4v) is 2.55. The molecule has 5 nitrogen and oxygen atoms in total. The van der Waals surface area contributed by atoms with Gasteiger partial charge in [-0.3, -0.25) is 4.90 Å². The van der Waals surface area contributed by atoms with Crippen LogP contribution in [0.3, 0.4) is 0 Å². The standard InChI is InChI=1S/C13H22N4O/c1-16-10-15-7-12(16)6-14-8-13-9-17(4-5-18-13)11-2-3-11/h7,10-11,13-14H,2-6,8-9H2,1H3. The molecule has 1 N–H and O–H groups in total. The van der Waals surface area contributed by atoms with E-state index in [1.54, 1.807) is 0 Å². The number of imidazole rings is 1. The van der Waals surface area contributed by atoms with Gasteiger partial charge in [0.05, 0.1) is 24.7 Å². The number of nitrogens with zero attached hydrogens (tertiary/aromatic N) is 3. The molecule has 0 aromatic carbocycles. The van der Waals surface area contributed by atoms with E-state index in [1.165, 1.54) is 18.5 Å². The molecule has 1 unspecified atom stereocenters. The fraction of sp³-hybridized carbons (Fsp3) is 0.769. The summed E-state index contributed by atoms with van der Waals surface area (Å²) in [6, 6.07) is 0.855. The van der Waals surface area contributed by atoms with Crippen molar-refractivity contribution >= 4 is 0 Å². The van der Waals surface area contributed by atoms with Gasteiger partial charge in [-0.15, -0.1) is 0 Å². The molecule has 2 heterocycles. The second-order valence-corrected chi connectivity index (χ2v) is 5.35. The summed E-state index contributed by atoms with van der Waals surface area (Å²) < 4.78 is 7.86. The molecule has 0 spiro atoms. The smallest absolute Gasteiger partial charge is 0.0945 e. The summed E-state index contributed by atoms with van der Waals surface area (Å²) in [4.78, 5) is 6.70. The van der Waals surface area contributed by atoms with Gasteiger partial charge in [-0.25, -0.2) is 4.98 Å². The summed E-state index contributed by atoms with van der Waals surface area (Å²) in [5.41, 5.74) is 1.21. The molecule has 1 aliphatic heterocycles. The van der Waals surface area contributed by atoms with E-state index in [0.717, 1.165) is 38.8 Å². The predicted molar refractivity (Wildman–Crippen MR) is 69.2 cm³/mol. The maximum atomic E-state index is 5.81. The van der Waals surface area contributed by atoms with Crippen LogP contribution in [0, 0.1) is 0 Å². The second-order valence-electron chi connectivity index (χ2n) is 5.35. The lowest BCUT2D eigenvalue weighted by molar-refractivity contribution is -0.0302. The molecular weight excluding hydrogens is 228 g/mol. The summed E-state index contributed by atoms with van der Waals surface area (Å²) >= 11 is 0. The number of nitrogens with one attached hydrogen (secondary N) is 1. The Bertz CT molecular complexity index is 388. The zero-order chi connectivity index (χ0) is 12.4. The van der Waals surface area contributed by atoms with E-state index in [9.17, 15) is 0 Å². The van der Waals surface area contributed by atoms with Crippen molar-refractivity contribution in [1.29, 1.82) is 0 Å². The Labute approximate surface area is 108 Å². The van der Waals surface area contributed by atoms with Crippen molar-refractivity contribution in [3.05, 3.63) is 18.2 Å². The minimum absolute atomic E-state index is 0.340. The van der Waals surface area contributed by atoms with Crippen molar-refractivity contribution in [3.8, 4) is 0 Å². The summed E-state index contributed by atoms with van der Waals surface area (Å²) in [6.07, 6.45) is 6.85. The average molecular weight is 250 g/mol. The zero-order valence-electron chi connectivity index (χ0n) is 11.0. The molecule has 1 aromatic rings. The SMILES string of the molecule is Cn1cncc1CNCC1CN(C2CC2)CCO1. The lowest BCUT2D eigenvalue weighted by Crippen LogP contribution is -2.47. The molecule has 0 radical (unpaired) electrons. The molecule has 1 saturated carbocycles. The van der Waals surface area contributed by atoms with E-state index in [4.69, 9.17) is 4.74 Å². The molecular formula is C13H22N4O. The molecule has 2 aliphatic rings. The molecule has 3 rings (SSSR count). The fourth-order valence-electron chi connectivity index (χ4n) is 2.55. The number of aromatic nitrogens is 2. The highest BCUT2D eigenvalue weighted by atomic mass is 16.5. The monoisotopic (exact) mass is 250 g/mol. The van der Waals surface area contributed by atoms with E-state index in [2.05, 4.69) is 15.2 Å². The maximum Gasteiger partial charge on any atom is 0.0945 e. The number of hydrogen-bond donors (Lipinski definition) is 1. The van der Waals surface area contributed by atoms with Crippen LogP contribution < -0.4 is 5.32 Å². The summed E-state index contributed by atoms with van der Waals surface area (Å²) in [5.74, 6) is 0. The van der Waals surface area contributed by atoms with Crippen molar-refractivity contribution < 1.29 is 4.74 Å². The van der Waals surface area contributed by atoms with Crippen molar-refractivity contribution in [3.63, 3.8) is 0 Å². The topological polar surface area (TPSA) is 42.3 Å². The highest BCUT2D eigenvalue weighted by Gasteiger charge is 2.32. The number of morpholine rings is 1. The minimum atomic E-state index is 0.340. The Morgan fingerprint density at radius 2 is 2.39 bits per heavy atom. The van der Waals surface area contributed by atoms with Crippen LogP contribution in [-0.2, 0) is 18.3 Å². The Morgan fingerprint density at radius 1 is 1.50 bits per heavy atom. The van der Waals surface area contributed by atoms with Crippen LogP contribution in [0.4, 0.5) is 0 Å². The first-order chi connectivity index (χ1) is 8.83. The van der Waals surface area contributed by atoms with Gasteiger partial charge in [0.25, 0.3) is 0 Å². The third-order valence-corrected chi connectivity index (χ3v) is 3.83. The van der Waals surface area contributed by atoms with Gasteiger partial charge in [-0.1, -0.05) is 0 Å². The third kappa shape index (κ3) is 2.91. The minimum Gasteiger partial charge on any atom is -0.374 e. The number of ether oxygens (including phenoxy) is 1. The normalized spacial score (nSPS) is 25.5. The highest BCUT2D eigenvalue weighted by Crippen LogP contribution is 2.28. The third-order valence-electron chi connectivity index (χ3n) is 3.83. The Morgan fingerprint density at radius 3 is 3.11 bits per heavy atom. The first kappa shape index (κ1) is 12.1.